The van der Waals surface area contributed by atoms with Gasteiger partial charge < -0.3 is 10.2 Å². The lowest BCUT2D eigenvalue weighted by Crippen LogP contribution is -2.22. The second kappa shape index (κ2) is 5.95. The van der Waals surface area contributed by atoms with Crippen molar-refractivity contribution in [2.45, 2.75) is 13.8 Å². The Hall–Kier alpha value is -1.77. The molecule has 0 spiro atoms. The summed E-state index contributed by atoms with van der Waals surface area (Å²) < 4.78 is 0. The molecule has 1 rings (SSSR count). The molecule has 0 unspecified atom stereocenters. The SMILES string of the molecule is C=CCN(CC)c1cccc(NC(C)=O)c1. The van der Waals surface area contributed by atoms with E-state index in [0.29, 0.717) is 0 Å². The number of amides is 1. The smallest absolute Gasteiger partial charge is 0.221 e. The van der Waals surface area contributed by atoms with Crippen molar-refractivity contribution in [2.24, 2.45) is 0 Å². The van der Waals surface area contributed by atoms with Crippen LogP contribution in [0.1, 0.15) is 13.8 Å². The monoisotopic (exact) mass is 218 g/mol. The van der Waals surface area contributed by atoms with Crippen molar-refractivity contribution in [3.05, 3.63) is 36.9 Å². The van der Waals surface area contributed by atoms with Gasteiger partial charge >= 0.3 is 0 Å². The molecule has 3 heteroatoms. The van der Waals surface area contributed by atoms with E-state index in [4.69, 9.17) is 0 Å². The molecule has 0 saturated carbocycles. The van der Waals surface area contributed by atoms with E-state index in [1.807, 2.05) is 30.3 Å². The molecule has 0 atom stereocenters. The molecule has 0 saturated heterocycles. The predicted molar refractivity (Wildman–Crippen MR) is 68.8 cm³/mol. The van der Waals surface area contributed by atoms with Gasteiger partial charge in [-0.25, -0.2) is 0 Å². The summed E-state index contributed by atoms with van der Waals surface area (Å²) in [6.07, 6.45) is 1.87. The van der Waals surface area contributed by atoms with Crippen LogP contribution in [0, 0.1) is 0 Å². The zero-order chi connectivity index (χ0) is 12.0. The molecule has 3 nitrogen and oxygen atoms in total. The van der Waals surface area contributed by atoms with E-state index in [9.17, 15) is 4.79 Å². The van der Waals surface area contributed by atoms with Crippen LogP contribution in [0.3, 0.4) is 0 Å². The molecule has 0 radical (unpaired) electrons. The Labute approximate surface area is 96.8 Å². The Balaban J connectivity index is 2.87. The molecule has 0 bridgehead atoms. The number of anilines is 2. The van der Waals surface area contributed by atoms with Gasteiger partial charge in [0.2, 0.25) is 5.91 Å². The molecule has 0 aliphatic heterocycles. The van der Waals surface area contributed by atoms with Crippen molar-refractivity contribution in [1.82, 2.24) is 0 Å². The van der Waals surface area contributed by atoms with Crippen molar-refractivity contribution < 1.29 is 4.79 Å². The summed E-state index contributed by atoms with van der Waals surface area (Å²) in [6.45, 7) is 9.05. The van der Waals surface area contributed by atoms with Gasteiger partial charge in [-0.15, -0.1) is 6.58 Å². The lowest BCUT2D eigenvalue weighted by atomic mass is 10.2. The van der Waals surface area contributed by atoms with Crippen molar-refractivity contribution in [3.63, 3.8) is 0 Å². The summed E-state index contributed by atoms with van der Waals surface area (Å²) in [6, 6.07) is 7.81. The molecule has 0 heterocycles. The lowest BCUT2D eigenvalue weighted by Gasteiger charge is -2.21. The van der Waals surface area contributed by atoms with Crippen molar-refractivity contribution in [3.8, 4) is 0 Å². The largest absolute Gasteiger partial charge is 0.368 e. The van der Waals surface area contributed by atoms with E-state index in [0.717, 1.165) is 24.5 Å². The Morgan fingerprint density at radius 3 is 2.88 bits per heavy atom. The maximum absolute atomic E-state index is 10.9. The van der Waals surface area contributed by atoms with Crippen LogP contribution < -0.4 is 10.2 Å². The van der Waals surface area contributed by atoms with Gasteiger partial charge in [0.05, 0.1) is 0 Å². The van der Waals surface area contributed by atoms with Gasteiger partial charge in [-0.1, -0.05) is 12.1 Å². The zero-order valence-electron chi connectivity index (χ0n) is 9.86. The molecule has 86 valence electrons. The third-order valence-corrected chi connectivity index (χ3v) is 2.26. The number of benzene rings is 1. The van der Waals surface area contributed by atoms with E-state index in [-0.39, 0.29) is 5.91 Å². The van der Waals surface area contributed by atoms with Crippen LogP contribution in [0.4, 0.5) is 11.4 Å². The van der Waals surface area contributed by atoms with Crippen LogP contribution in [-0.4, -0.2) is 19.0 Å². The first kappa shape index (κ1) is 12.3. The van der Waals surface area contributed by atoms with Gasteiger partial charge in [-0.3, -0.25) is 4.79 Å². The van der Waals surface area contributed by atoms with Crippen molar-refractivity contribution >= 4 is 17.3 Å². The highest BCUT2D eigenvalue weighted by Crippen LogP contribution is 2.19. The fourth-order valence-electron chi connectivity index (χ4n) is 1.56. The van der Waals surface area contributed by atoms with Crippen LogP contribution >= 0.6 is 0 Å². The number of carbonyl (C=O) groups is 1. The van der Waals surface area contributed by atoms with Gasteiger partial charge in [0.25, 0.3) is 0 Å². The summed E-state index contributed by atoms with van der Waals surface area (Å²) >= 11 is 0. The Morgan fingerprint density at radius 2 is 2.31 bits per heavy atom. The maximum atomic E-state index is 10.9. The Bertz CT molecular complexity index is 374. The molecule has 1 aromatic rings. The minimum Gasteiger partial charge on any atom is -0.368 e. The summed E-state index contributed by atoms with van der Waals surface area (Å²) in [4.78, 5) is 13.1. The number of likely N-dealkylation sites (N-methyl/N-ethyl adjacent to an activating group) is 1. The number of nitrogens with zero attached hydrogens (tertiary/aromatic N) is 1. The average molecular weight is 218 g/mol. The van der Waals surface area contributed by atoms with Crippen LogP contribution in [0.2, 0.25) is 0 Å². The number of hydrogen-bond acceptors (Lipinski definition) is 2. The van der Waals surface area contributed by atoms with Crippen LogP contribution in [0.15, 0.2) is 36.9 Å². The number of rotatable bonds is 5. The highest BCUT2D eigenvalue weighted by atomic mass is 16.1. The summed E-state index contributed by atoms with van der Waals surface area (Å²) in [5, 5.41) is 2.77. The van der Waals surface area contributed by atoms with Gasteiger partial charge in [0.15, 0.2) is 0 Å². The van der Waals surface area contributed by atoms with E-state index in [2.05, 4.69) is 23.7 Å². The van der Waals surface area contributed by atoms with Crippen LogP contribution in [-0.2, 0) is 4.79 Å². The molecular formula is C13H18N2O. The molecule has 0 aliphatic rings. The van der Waals surface area contributed by atoms with E-state index >= 15 is 0 Å². The second-order valence-corrected chi connectivity index (χ2v) is 3.56. The highest BCUT2D eigenvalue weighted by Gasteiger charge is 2.03. The molecule has 16 heavy (non-hydrogen) atoms. The van der Waals surface area contributed by atoms with E-state index in [1.54, 1.807) is 0 Å². The zero-order valence-corrected chi connectivity index (χ0v) is 9.86. The summed E-state index contributed by atoms with van der Waals surface area (Å²) in [7, 11) is 0. The molecule has 0 aromatic heterocycles. The fourth-order valence-corrected chi connectivity index (χ4v) is 1.56. The third kappa shape index (κ3) is 3.42. The number of nitrogens with one attached hydrogen (secondary N) is 1. The second-order valence-electron chi connectivity index (χ2n) is 3.56. The van der Waals surface area contributed by atoms with Crippen molar-refractivity contribution in [2.75, 3.05) is 23.3 Å². The highest BCUT2D eigenvalue weighted by molar-refractivity contribution is 5.89. The third-order valence-electron chi connectivity index (χ3n) is 2.26. The summed E-state index contributed by atoms with van der Waals surface area (Å²) in [5.41, 5.74) is 1.92. The standard InChI is InChI=1S/C13H18N2O/c1-4-9-15(5-2)13-8-6-7-12(10-13)14-11(3)16/h4,6-8,10H,1,5,9H2,2-3H3,(H,14,16). The molecule has 1 N–H and O–H groups in total. The Morgan fingerprint density at radius 1 is 1.56 bits per heavy atom. The first-order valence-electron chi connectivity index (χ1n) is 5.41. The van der Waals surface area contributed by atoms with Gasteiger partial charge in [0.1, 0.15) is 0 Å². The minimum atomic E-state index is -0.0519. The topological polar surface area (TPSA) is 32.3 Å². The normalized spacial score (nSPS) is 9.62. The van der Waals surface area contributed by atoms with E-state index < -0.39 is 0 Å². The quantitative estimate of drug-likeness (QED) is 0.771. The first-order chi connectivity index (χ1) is 7.67. The Kier molecular flexibility index (Phi) is 4.58. The average Bonchev–Trinajstić information content (AvgIpc) is 2.25. The molecular weight excluding hydrogens is 200 g/mol. The number of carbonyl (C=O) groups excluding carboxylic acids is 1. The van der Waals surface area contributed by atoms with Crippen LogP contribution in [0.5, 0.6) is 0 Å². The number of hydrogen-bond donors (Lipinski definition) is 1. The van der Waals surface area contributed by atoms with Gasteiger partial charge in [-0.2, -0.15) is 0 Å². The molecule has 1 aromatic carbocycles. The summed E-state index contributed by atoms with van der Waals surface area (Å²) in [5.74, 6) is -0.0519. The first-order valence-corrected chi connectivity index (χ1v) is 5.41. The van der Waals surface area contributed by atoms with Crippen LogP contribution in [0.25, 0.3) is 0 Å². The molecule has 1 amide bonds. The van der Waals surface area contributed by atoms with Crippen molar-refractivity contribution in [1.29, 1.82) is 0 Å². The molecule has 0 fully saturated rings. The van der Waals surface area contributed by atoms with Gasteiger partial charge in [-0.05, 0) is 25.1 Å². The lowest BCUT2D eigenvalue weighted by molar-refractivity contribution is -0.114. The minimum absolute atomic E-state index is 0.0519. The van der Waals surface area contributed by atoms with E-state index in [1.165, 1.54) is 6.92 Å². The predicted octanol–water partition coefficient (Wildman–Crippen LogP) is 2.66. The van der Waals surface area contributed by atoms with Gasteiger partial charge in [0, 0.05) is 31.4 Å². The maximum Gasteiger partial charge on any atom is 0.221 e. The fraction of sp³-hybridized carbons (Fsp3) is 0.308. The molecule has 0 aliphatic carbocycles.